The molecule has 7 heteroatoms. The zero-order valence-electron chi connectivity index (χ0n) is 13.4. The molecule has 2 saturated heterocycles. The van der Waals surface area contributed by atoms with Gasteiger partial charge in [0.1, 0.15) is 5.60 Å². The molecule has 0 bridgehead atoms. The normalized spacial score (nSPS) is 24.5. The van der Waals surface area contributed by atoms with Gasteiger partial charge in [-0.3, -0.25) is 4.79 Å². The van der Waals surface area contributed by atoms with Gasteiger partial charge in [-0.2, -0.15) is 0 Å². The molecule has 1 aromatic heterocycles. The van der Waals surface area contributed by atoms with E-state index in [1.165, 1.54) is 7.11 Å². The van der Waals surface area contributed by atoms with E-state index in [0.717, 1.165) is 12.8 Å². The minimum Gasteiger partial charge on any atom is -0.481 e. The first-order valence-electron chi connectivity index (χ1n) is 7.76. The van der Waals surface area contributed by atoms with Gasteiger partial charge in [0.15, 0.2) is 0 Å². The van der Waals surface area contributed by atoms with Gasteiger partial charge in [0.05, 0.1) is 13.7 Å². The summed E-state index contributed by atoms with van der Waals surface area (Å²) in [5, 5.41) is 0. The molecule has 0 aromatic carbocycles. The molecule has 23 heavy (non-hydrogen) atoms. The summed E-state index contributed by atoms with van der Waals surface area (Å²) in [6, 6.07) is 3.33. The molecule has 2 aliphatic rings. The van der Waals surface area contributed by atoms with E-state index in [1.807, 2.05) is 4.90 Å². The van der Waals surface area contributed by atoms with Crippen LogP contribution >= 0.6 is 0 Å². The van der Waals surface area contributed by atoms with Crippen LogP contribution in [0.3, 0.4) is 0 Å². The van der Waals surface area contributed by atoms with Crippen molar-refractivity contribution < 1.29 is 19.1 Å². The molecule has 0 unspecified atom stereocenters. The van der Waals surface area contributed by atoms with E-state index in [2.05, 4.69) is 4.98 Å². The number of aromatic nitrogens is 1. The Kier molecular flexibility index (Phi) is 4.11. The van der Waals surface area contributed by atoms with Gasteiger partial charge in [-0.25, -0.2) is 9.78 Å². The van der Waals surface area contributed by atoms with E-state index >= 15 is 0 Å². The van der Waals surface area contributed by atoms with Gasteiger partial charge >= 0.3 is 6.09 Å². The molecule has 7 nitrogen and oxygen atoms in total. The number of likely N-dealkylation sites (N-methyl/N-ethyl adjacent to an activating group) is 1. The highest BCUT2D eigenvalue weighted by molar-refractivity contribution is 5.94. The number of carbonyl (C=O) groups is 2. The third kappa shape index (κ3) is 3.09. The van der Waals surface area contributed by atoms with Crippen LogP contribution in [0.2, 0.25) is 0 Å². The topological polar surface area (TPSA) is 72.0 Å². The van der Waals surface area contributed by atoms with Gasteiger partial charge in [0, 0.05) is 44.4 Å². The van der Waals surface area contributed by atoms with Gasteiger partial charge in [0.25, 0.3) is 5.91 Å². The van der Waals surface area contributed by atoms with E-state index in [-0.39, 0.29) is 12.0 Å². The van der Waals surface area contributed by atoms with Crippen LogP contribution in [-0.2, 0) is 4.74 Å². The Morgan fingerprint density at radius 1 is 1.39 bits per heavy atom. The van der Waals surface area contributed by atoms with Crippen molar-refractivity contribution >= 4 is 12.0 Å². The highest BCUT2D eigenvalue weighted by Crippen LogP contribution is 2.32. The summed E-state index contributed by atoms with van der Waals surface area (Å²) in [5.74, 6) is 0.383. The number of ether oxygens (including phenoxy) is 2. The van der Waals surface area contributed by atoms with Crippen LogP contribution in [-0.4, -0.2) is 66.2 Å². The molecular weight excluding hydrogens is 298 g/mol. The second-order valence-electron chi connectivity index (χ2n) is 6.14. The minimum absolute atomic E-state index is 0.0413. The third-order valence-electron chi connectivity index (χ3n) is 4.52. The average Bonchev–Trinajstić information content (AvgIpc) is 2.73. The lowest BCUT2D eigenvalue weighted by atomic mass is 9.95. The molecule has 3 heterocycles. The summed E-state index contributed by atoms with van der Waals surface area (Å²) in [5.41, 5.74) is 0.116. The van der Waals surface area contributed by atoms with Crippen LogP contribution in [0.1, 0.15) is 29.6 Å². The first-order valence-corrected chi connectivity index (χ1v) is 7.76. The van der Waals surface area contributed by atoms with Gasteiger partial charge in [0.2, 0.25) is 5.88 Å². The summed E-state index contributed by atoms with van der Waals surface area (Å²) >= 11 is 0. The second-order valence-corrected chi connectivity index (χ2v) is 6.14. The maximum Gasteiger partial charge on any atom is 0.410 e. The number of carbonyl (C=O) groups excluding carboxylic acids is 2. The number of hydrogen-bond donors (Lipinski definition) is 0. The van der Waals surface area contributed by atoms with Crippen molar-refractivity contribution in [3.8, 4) is 5.88 Å². The Hall–Kier alpha value is -2.31. The maximum absolute atomic E-state index is 12.7. The Morgan fingerprint density at radius 3 is 2.91 bits per heavy atom. The highest BCUT2D eigenvalue weighted by Gasteiger charge is 2.44. The van der Waals surface area contributed by atoms with Gasteiger partial charge in [-0.15, -0.1) is 0 Å². The van der Waals surface area contributed by atoms with E-state index in [1.54, 1.807) is 30.3 Å². The number of amides is 2. The average molecular weight is 319 g/mol. The molecule has 2 fully saturated rings. The van der Waals surface area contributed by atoms with Crippen LogP contribution in [0.15, 0.2) is 18.3 Å². The zero-order valence-corrected chi connectivity index (χ0v) is 13.4. The van der Waals surface area contributed by atoms with Crippen LogP contribution in [0.25, 0.3) is 0 Å². The van der Waals surface area contributed by atoms with Gasteiger partial charge in [-0.05, 0) is 18.9 Å². The number of methoxy groups -OCH3 is 1. The lowest BCUT2D eigenvalue weighted by Gasteiger charge is -2.25. The van der Waals surface area contributed by atoms with Crippen LogP contribution < -0.4 is 4.74 Å². The standard InChI is InChI=1S/C16H21N3O4/c1-18-11-16(23-15(18)21)5-3-8-19(9-6-16)14(20)12-4-7-17-13(10-12)22-2/h4,7,10H,3,5-6,8-9,11H2,1-2H3/t16-/m0/s1. The molecule has 124 valence electrons. The largest absolute Gasteiger partial charge is 0.481 e. The van der Waals surface area contributed by atoms with Crippen LogP contribution in [0.5, 0.6) is 5.88 Å². The summed E-state index contributed by atoms with van der Waals surface area (Å²) in [7, 11) is 3.27. The number of rotatable bonds is 2. The fraction of sp³-hybridized carbons (Fsp3) is 0.562. The van der Waals surface area contributed by atoms with Gasteiger partial charge < -0.3 is 19.3 Å². The summed E-state index contributed by atoms with van der Waals surface area (Å²) in [6.07, 6.45) is 3.56. The maximum atomic E-state index is 12.7. The predicted molar refractivity (Wildman–Crippen MR) is 82.4 cm³/mol. The smallest absolute Gasteiger partial charge is 0.410 e. The Morgan fingerprint density at radius 2 is 2.22 bits per heavy atom. The Balaban J connectivity index is 1.70. The van der Waals surface area contributed by atoms with Crippen molar-refractivity contribution in [2.45, 2.75) is 24.9 Å². The zero-order chi connectivity index (χ0) is 16.4. The van der Waals surface area contributed by atoms with Crippen molar-refractivity contribution in [3.05, 3.63) is 23.9 Å². The molecular formula is C16H21N3O4. The third-order valence-corrected chi connectivity index (χ3v) is 4.52. The first kappa shape index (κ1) is 15.6. The van der Waals surface area contributed by atoms with E-state index < -0.39 is 5.60 Å². The summed E-state index contributed by atoms with van der Waals surface area (Å²) < 4.78 is 10.6. The van der Waals surface area contributed by atoms with E-state index in [9.17, 15) is 9.59 Å². The molecule has 3 rings (SSSR count). The van der Waals surface area contributed by atoms with Crippen molar-refractivity contribution in [1.29, 1.82) is 0 Å². The lowest BCUT2D eigenvalue weighted by Crippen LogP contribution is -2.36. The molecule has 0 aliphatic carbocycles. The molecule has 1 spiro atoms. The quantitative estimate of drug-likeness (QED) is 0.827. The predicted octanol–water partition coefficient (Wildman–Crippen LogP) is 1.54. The molecule has 0 N–H and O–H groups in total. The van der Waals surface area contributed by atoms with E-state index in [0.29, 0.717) is 37.5 Å². The molecule has 0 saturated carbocycles. The molecule has 2 amide bonds. The summed E-state index contributed by atoms with van der Waals surface area (Å²) in [4.78, 5) is 31.8. The lowest BCUT2D eigenvalue weighted by molar-refractivity contribution is 0.0438. The second kappa shape index (κ2) is 6.06. The van der Waals surface area contributed by atoms with Crippen molar-refractivity contribution in [1.82, 2.24) is 14.8 Å². The number of likely N-dealkylation sites (tertiary alicyclic amines) is 1. The van der Waals surface area contributed by atoms with Crippen LogP contribution in [0.4, 0.5) is 4.79 Å². The molecule has 0 radical (unpaired) electrons. The fourth-order valence-corrected chi connectivity index (χ4v) is 3.26. The number of nitrogens with zero attached hydrogens (tertiary/aromatic N) is 3. The summed E-state index contributed by atoms with van der Waals surface area (Å²) in [6.45, 7) is 1.83. The fourth-order valence-electron chi connectivity index (χ4n) is 3.26. The van der Waals surface area contributed by atoms with Crippen molar-refractivity contribution in [2.24, 2.45) is 0 Å². The molecule has 1 aromatic rings. The highest BCUT2D eigenvalue weighted by atomic mass is 16.6. The van der Waals surface area contributed by atoms with Crippen LogP contribution in [0, 0.1) is 0 Å². The van der Waals surface area contributed by atoms with Crippen molar-refractivity contribution in [3.63, 3.8) is 0 Å². The Labute approximate surface area is 135 Å². The Bertz CT molecular complexity index is 621. The first-order chi connectivity index (χ1) is 11.0. The minimum atomic E-state index is -0.448. The van der Waals surface area contributed by atoms with E-state index in [4.69, 9.17) is 9.47 Å². The SMILES string of the molecule is COc1cc(C(=O)N2CCC[C@]3(CC2)CN(C)C(=O)O3)ccn1. The molecule has 2 aliphatic heterocycles. The monoisotopic (exact) mass is 319 g/mol. The number of hydrogen-bond acceptors (Lipinski definition) is 5. The number of pyridine rings is 1. The van der Waals surface area contributed by atoms with Gasteiger partial charge in [-0.1, -0.05) is 0 Å². The van der Waals surface area contributed by atoms with Crippen molar-refractivity contribution in [2.75, 3.05) is 33.8 Å². The molecule has 1 atom stereocenters.